The van der Waals surface area contributed by atoms with Crippen molar-refractivity contribution >= 4 is 55.2 Å². The molecule has 1 amide bonds. The van der Waals surface area contributed by atoms with Crippen molar-refractivity contribution in [1.29, 1.82) is 0 Å². The summed E-state index contributed by atoms with van der Waals surface area (Å²) in [7, 11) is 1.59. The van der Waals surface area contributed by atoms with Crippen molar-refractivity contribution in [1.82, 2.24) is 4.98 Å². The molecule has 0 radical (unpaired) electrons. The largest absolute Gasteiger partial charge is 0.493 e. The minimum Gasteiger partial charge on any atom is -0.493 e. The number of nitrogens with zero attached hydrogens (tertiary/aromatic N) is 1. The van der Waals surface area contributed by atoms with Crippen LogP contribution in [0.25, 0.3) is 26.9 Å². The van der Waals surface area contributed by atoms with Gasteiger partial charge in [-0.05, 0) is 94.2 Å². The summed E-state index contributed by atoms with van der Waals surface area (Å²) in [6, 6.07) is 27.6. The van der Waals surface area contributed by atoms with E-state index >= 15 is 0 Å². The van der Waals surface area contributed by atoms with Gasteiger partial charge >= 0.3 is 0 Å². The number of aromatic nitrogens is 1. The minimum atomic E-state index is -0.229. The van der Waals surface area contributed by atoms with Crippen LogP contribution in [0.5, 0.6) is 11.5 Å². The van der Waals surface area contributed by atoms with E-state index in [4.69, 9.17) is 14.5 Å². The Balaban J connectivity index is 1.23. The zero-order valence-electron chi connectivity index (χ0n) is 20.9. The number of thiazole rings is 1. The van der Waals surface area contributed by atoms with Crippen molar-refractivity contribution in [2.75, 3.05) is 12.4 Å². The molecule has 0 atom stereocenters. The van der Waals surface area contributed by atoms with Gasteiger partial charge in [0.15, 0.2) is 11.5 Å². The van der Waals surface area contributed by atoms with Crippen molar-refractivity contribution in [3.8, 4) is 22.1 Å². The summed E-state index contributed by atoms with van der Waals surface area (Å²) >= 11 is 5.23. The zero-order valence-corrected chi connectivity index (χ0v) is 23.3. The fourth-order valence-electron chi connectivity index (χ4n) is 3.91. The predicted octanol–water partition coefficient (Wildman–Crippen LogP) is 8.27. The summed E-state index contributed by atoms with van der Waals surface area (Å²) in [6.45, 7) is 2.50. The number of fused-ring (bicyclic) bond motifs is 1. The van der Waals surface area contributed by atoms with Crippen LogP contribution in [0.3, 0.4) is 0 Å². The van der Waals surface area contributed by atoms with E-state index in [-0.39, 0.29) is 5.91 Å². The number of anilines is 1. The summed E-state index contributed by atoms with van der Waals surface area (Å²) in [4.78, 5) is 17.3. The van der Waals surface area contributed by atoms with E-state index in [0.717, 1.165) is 31.7 Å². The topological polar surface area (TPSA) is 60.5 Å². The summed E-state index contributed by atoms with van der Waals surface area (Å²) in [5.41, 5.74) is 5.81. The highest BCUT2D eigenvalue weighted by Gasteiger charge is 2.12. The number of ether oxygens (including phenoxy) is 2. The summed E-state index contributed by atoms with van der Waals surface area (Å²) < 4.78 is 13.4. The predicted molar refractivity (Wildman–Crippen MR) is 159 cm³/mol. The van der Waals surface area contributed by atoms with E-state index in [0.29, 0.717) is 23.8 Å². The normalized spacial score (nSPS) is 11.1. The van der Waals surface area contributed by atoms with Crippen LogP contribution in [-0.4, -0.2) is 18.0 Å². The van der Waals surface area contributed by atoms with Crippen molar-refractivity contribution in [2.45, 2.75) is 13.5 Å². The molecule has 0 saturated heterocycles. The molecule has 0 fully saturated rings. The minimum absolute atomic E-state index is 0.229. The van der Waals surface area contributed by atoms with Crippen LogP contribution >= 0.6 is 27.3 Å². The highest BCUT2D eigenvalue weighted by atomic mass is 79.9. The van der Waals surface area contributed by atoms with Gasteiger partial charge in [-0.3, -0.25) is 4.79 Å². The number of carbonyl (C=O) groups excluding carboxylic acids is 1. The molecule has 7 heteroatoms. The Morgan fingerprint density at radius 1 is 1.03 bits per heavy atom. The second-order valence-electron chi connectivity index (χ2n) is 8.70. The maximum atomic E-state index is 12.6. The summed E-state index contributed by atoms with van der Waals surface area (Å²) in [6.07, 6.45) is 3.23. The lowest BCUT2D eigenvalue weighted by atomic mass is 10.1. The Labute approximate surface area is 233 Å². The van der Waals surface area contributed by atoms with Gasteiger partial charge in [0.25, 0.3) is 0 Å². The molecular formula is C31H25BrN2O3S. The first-order valence-electron chi connectivity index (χ1n) is 12.0. The van der Waals surface area contributed by atoms with Gasteiger partial charge < -0.3 is 14.8 Å². The first kappa shape index (κ1) is 25.7. The monoisotopic (exact) mass is 584 g/mol. The van der Waals surface area contributed by atoms with Crippen LogP contribution in [0.15, 0.2) is 95.5 Å². The molecule has 0 aliphatic heterocycles. The Morgan fingerprint density at radius 3 is 2.58 bits per heavy atom. The van der Waals surface area contributed by atoms with Crippen molar-refractivity contribution in [3.63, 3.8) is 0 Å². The van der Waals surface area contributed by atoms with Crippen molar-refractivity contribution < 1.29 is 14.3 Å². The second kappa shape index (κ2) is 11.6. The average molecular weight is 586 g/mol. The van der Waals surface area contributed by atoms with E-state index in [9.17, 15) is 4.79 Å². The first-order chi connectivity index (χ1) is 18.5. The first-order valence-corrected chi connectivity index (χ1v) is 13.6. The van der Waals surface area contributed by atoms with E-state index in [2.05, 4.69) is 40.3 Å². The van der Waals surface area contributed by atoms with E-state index in [1.165, 1.54) is 16.3 Å². The number of hydrogen-bond acceptors (Lipinski definition) is 5. The number of carbonyl (C=O) groups is 1. The molecule has 4 aromatic carbocycles. The third-order valence-electron chi connectivity index (χ3n) is 5.85. The molecule has 0 saturated carbocycles. The van der Waals surface area contributed by atoms with Gasteiger partial charge in [0.1, 0.15) is 11.6 Å². The Bertz CT molecular complexity index is 1610. The van der Waals surface area contributed by atoms with E-state index in [1.54, 1.807) is 24.5 Å². The molecule has 5 aromatic rings. The van der Waals surface area contributed by atoms with Crippen molar-refractivity contribution in [2.24, 2.45) is 0 Å². The number of amides is 1. The van der Waals surface area contributed by atoms with Crippen molar-refractivity contribution in [3.05, 3.63) is 112 Å². The van der Waals surface area contributed by atoms with Crippen LogP contribution in [0.1, 0.15) is 16.7 Å². The lowest BCUT2D eigenvalue weighted by molar-refractivity contribution is -0.111. The van der Waals surface area contributed by atoms with E-state index < -0.39 is 0 Å². The fraction of sp³-hybridized carbons (Fsp3) is 0.0968. The Hall–Kier alpha value is -3.94. The highest BCUT2D eigenvalue weighted by Crippen LogP contribution is 2.37. The Morgan fingerprint density at radius 2 is 1.82 bits per heavy atom. The molecule has 0 bridgehead atoms. The smallest absolute Gasteiger partial charge is 0.248 e. The molecule has 190 valence electrons. The van der Waals surface area contributed by atoms with Gasteiger partial charge in [-0.15, -0.1) is 11.3 Å². The maximum absolute atomic E-state index is 12.6. The number of hydrogen-bond donors (Lipinski definition) is 1. The van der Waals surface area contributed by atoms with Gasteiger partial charge in [-0.2, -0.15) is 0 Å². The second-order valence-corrected chi connectivity index (χ2v) is 10.6. The SMILES string of the molecule is COc1cc(C=CC(=O)Nc2ccc(-c3nc4ccc(C)cc4s3)cc2)cc(Br)c1OCc1ccccc1. The quantitative estimate of drug-likeness (QED) is 0.186. The van der Waals surface area contributed by atoms with Crippen LogP contribution in [0, 0.1) is 6.92 Å². The highest BCUT2D eigenvalue weighted by molar-refractivity contribution is 9.10. The number of halogens is 1. The molecule has 0 unspecified atom stereocenters. The van der Waals surface area contributed by atoms with Crippen LogP contribution in [0.4, 0.5) is 5.69 Å². The van der Waals surface area contributed by atoms with Crippen LogP contribution in [0.2, 0.25) is 0 Å². The van der Waals surface area contributed by atoms with Gasteiger partial charge in [-0.25, -0.2) is 4.98 Å². The summed E-state index contributed by atoms with van der Waals surface area (Å²) in [5.74, 6) is 0.963. The number of rotatable bonds is 8. The maximum Gasteiger partial charge on any atom is 0.248 e. The van der Waals surface area contributed by atoms with E-state index in [1.807, 2.05) is 72.8 Å². The molecule has 1 N–H and O–H groups in total. The molecule has 0 aliphatic carbocycles. The van der Waals surface area contributed by atoms with Crippen LogP contribution in [-0.2, 0) is 11.4 Å². The number of methoxy groups -OCH3 is 1. The van der Waals surface area contributed by atoms with Gasteiger partial charge in [0.05, 0.1) is 21.8 Å². The molecule has 1 aromatic heterocycles. The lowest BCUT2D eigenvalue weighted by Gasteiger charge is -2.13. The third-order valence-corrected chi connectivity index (χ3v) is 7.50. The molecule has 0 aliphatic rings. The molecule has 0 spiro atoms. The third kappa shape index (κ3) is 6.13. The molecule has 38 heavy (non-hydrogen) atoms. The van der Waals surface area contributed by atoms with Gasteiger partial charge in [0.2, 0.25) is 5.91 Å². The molecule has 5 rings (SSSR count). The summed E-state index contributed by atoms with van der Waals surface area (Å²) in [5, 5.41) is 3.87. The van der Waals surface area contributed by atoms with Crippen LogP contribution < -0.4 is 14.8 Å². The van der Waals surface area contributed by atoms with Gasteiger partial charge in [-0.1, -0.05) is 36.4 Å². The Kier molecular flexibility index (Phi) is 7.86. The molecular weight excluding hydrogens is 560 g/mol. The lowest BCUT2D eigenvalue weighted by Crippen LogP contribution is -2.07. The van der Waals surface area contributed by atoms with Gasteiger partial charge in [0, 0.05) is 17.3 Å². The zero-order chi connectivity index (χ0) is 26.5. The molecule has 1 heterocycles. The molecule has 5 nitrogen and oxygen atoms in total. The number of aryl methyl sites for hydroxylation is 1. The number of benzene rings is 4. The standard InChI is InChI=1S/C31H25BrN2O3S/c1-20-8-14-26-28(16-20)38-31(34-26)23-10-12-24(13-11-23)33-29(35)15-9-22-17-25(32)30(27(18-22)36-2)37-19-21-6-4-3-5-7-21/h3-18H,19H2,1-2H3,(H,33,35). The fourth-order valence-corrected chi connectivity index (χ4v) is 5.56. The average Bonchev–Trinajstić information content (AvgIpc) is 3.35. The number of nitrogens with one attached hydrogen (secondary N) is 1.